The van der Waals surface area contributed by atoms with E-state index in [0.717, 1.165) is 51.7 Å². The lowest BCUT2D eigenvalue weighted by atomic mass is 10.0. The fraction of sp³-hybridized carbons (Fsp3) is 0.950. The van der Waals surface area contributed by atoms with Gasteiger partial charge >= 0.3 is 11.9 Å². The quantitative estimate of drug-likeness (QED) is 0.0499. The first-order chi connectivity index (χ1) is 22.9. The lowest BCUT2D eigenvalue weighted by Crippen LogP contribution is -2.28. The van der Waals surface area contributed by atoms with Crippen molar-refractivity contribution in [2.75, 3.05) is 47.1 Å². The number of unbranched alkanes of at least 4 members (excludes halogenated alkanes) is 18. The first-order valence-corrected chi connectivity index (χ1v) is 20.1. The number of carbonyl (C=O) groups excluding carboxylic acids is 2. The molecule has 1 rings (SSSR count). The smallest absolute Gasteiger partial charge is 0.306 e. The molecule has 0 amide bonds. The van der Waals surface area contributed by atoms with Gasteiger partial charge in [0.1, 0.15) is 18.8 Å². The molecule has 0 heterocycles. The van der Waals surface area contributed by atoms with Gasteiger partial charge in [-0.2, -0.15) is 0 Å². The predicted octanol–water partition coefficient (Wildman–Crippen LogP) is 10.2. The van der Waals surface area contributed by atoms with E-state index in [1.54, 1.807) is 0 Å². The van der Waals surface area contributed by atoms with Crippen molar-refractivity contribution in [2.24, 2.45) is 5.92 Å². The van der Waals surface area contributed by atoms with Crippen LogP contribution in [0.5, 0.6) is 0 Å². The molecule has 0 saturated heterocycles. The highest BCUT2D eigenvalue weighted by Gasteiger charge is 2.29. The maximum Gasteiger partial charge on any atom is 0.306 e. The summed E-state index contributed by atoms with van der Waals surface area (Å²) in [5.41, 5.74) is 0. The normalized spacial score (nSPS) is 17.0. The molecule has 0 aromatic rings. The summed E-state index contributed by atoms with van der Waals surface area (Å²) in [6.45, 7) is 7.55. The van der Waals surface area contributed by atoms with Gasteiger partial charge in [0.25, 0.3) is 0 Å². The molecule has 1 fully saturated rings. The van der Waals surface area contributed by atoms with Crippen molar-refractivity contribution in [2.45, 2.75) is 193 Å². The number of hydrogen-bond donors (Lipinski definition) is 0. The number of hydrogen-bond acceptors (Lipinski definition) is 7. The fourth-order valence-corrected chi connectivity index (χ4v) is 6.48. The molecule has 0 aromatic heterocycles. The van der Waals surface area contributed by atoms with E-state index in [-0.39, 0.29) is 36.7 Å². The average Bonchev–Trinajstić information content (AvgIpc) is 3.48. The van der Waals surface area contributed by atoms with E-state index in [4.69, 9.17) is 18.9 Å². The molecular weight excluding hydrogens is 590 g/mol. The number of ether oxygens (including phenoxy) is 4. The van der Waals surface area contributed by atoms with Crippen LogP contribution < -0.4 is 0 Å². The number of esters is 2. The summed E-state index contributed by atoms with van der Waals surface area (Å²) in [6, 6.07) is 0. The van der Waals surface area contributed by atoms with E-state index < -0.39 is 0 Å². The number of nitrogens with zero attached hydrogens (tertiary/aromatic N) is 1. The van der Waals surface area contributed by atoms with E-state index >= 15 is 0 Å². The summed E-state index contributed by atoms with van der Waals surface area (Å²) in [5.74, 6) is -0.101. The second-order valence-electron chi connectivity index (χ2n) is 14.5. The lowest BCUT2D eigenvalue weighted by Gasteiger charge is -2.19. The molecule has 7 nitrogen and oxygen atoms in total. The Hall–Kier alpha value is -1.18. The van der Waals surface area contributed by atoms with Gasteiger partial charge in [0.2, 0.25) is 0 Å². The highest BCUT2D eigenvalue weighted by atomic mass is 16.6. The minimum atomic E-state index is -0.222. The standard InChI is InChI=1S/C40H77NO6/c1-5-7-9-11-13-15-17-19-21-23-30-44-34-38(45-31-24-22-20-18-16-14-12-10-8-6-2)35-46-40(43)33-36-27-28-37(32-36)47-39(42)26-25-29-41(3)4/h36-38H,5-35H2,1-4H3. The summed E-state index contributed by atoms with van der Waals surface area (Å²) in [5, 5.41) is 0. The molecule has 0 aliphatic heterocycles. The molecule has 0 radical (unpaired) electrons. The van der Waals surface area contributed by atoms with Crippen molar-refractivity contribution in [3.05, 3.63) is 0 Å². The third-order valence-corrected chi connectivity index (χ3v) is 9.46. The summed E-state index contributed by atoms with van der Waals surface area (Å²) in [4.78, 5) is 27.0. The maximum atomic E-state index is 12.7. The third kappa shape index (κ3) is 28.4. The van der Waals surface area contributed by atoms with Gasteiger partial charge in [-0.25, -0.2) is 0 Å². The Kier molecular flexibility index (Phi) is 29.9. The zero-order valence-electron chi connectivity index (χ0n) is 31.5. The van der Waals surface area contributed by atoms with Crippen LogP contribution in [0.25, 0.3) is 0 Å². The van der Waals surface area contributed by atoms with Gasteiger partial charge in [0.05, 0.1) is 6.61 Å². The highest BCUT2D eigenvalue weighted by molar-refractivity contribution is 5.70. The highest BCUT2D eigenvalue weighted by Crippen LogP contribution is 2.31. The van der Waals surface area contributed by atoms with Crippen molar-refractivity contribution in [3.63, 3.8) is 0 Å². The average molecular weight is 668 g/mol. The molecule has 1 aliphatic rings. The van der Waals surface area contributed by atoms with Gasteiger partial charge in [-0.15, -0.1) is 0 Å². The van der Waals surface area contributed by atoms with Gasteiger partial charge in [-0.1, -0.05) is 129 Å². The molecule has 0 aromatic carbocycles. The first-order valence-electron chi connectivity index (χ1n) is 20.1. The van der Waals surface area contributed by atoms with Gasteiger partial charge in [0, 0.05) is 26.1 Å². The lowest BCUT2D eigenvalue weighted by molar-refractivity contribution is -0.151. The molecule has 47 heavy (non-hydrogen) atoms. The zero-order valence-corrected chi connectivity index (χ0v) is 31.5. The molecule has 1 aliphatic carbocycles. The molecule has 0 N–H and O–H groups in total. The number of rotatable bonds is 34. The van der Waals surface area contributed by atoms with Crippen LogP contribution in [0.2, 0.25) is 0 Å². The Morgan fingerprint density at radius 3 is 1.72 bits per heavy atom. The van der Waals surface area contributed by atoms with Crippen LogP contribution in [0.15, 0.2) is 0 Å². The Morgan fingerprint density at radius 1 is 0.638 bits per heavy atom. The number of carbonyl (C=O) groups is 2. The molecular formula is C40H77NO6. The minimum absolute atomic E-state index is 0.0732. The largest absolute Gasteiger partial charge is 0.463 e. The van der Waals surface area contributed by atoms with Crippen molar-refractivity contribution in [1.29, 1.82) is 0 Å². The van der Waals surface area contributed by atoms with Gasteiger partial charge in [-0.3, -0.25) is 9.59 Å². The van der Waals surface area contributed by atoms with E-state index in [1.165, 1.54) is 116 Å². The van der Waals surface area contributed by atoms with Crippen LogP contribution in [0.1, 0.15) is 181 Å². The summed E-state index contributed by atoms with van der Waals surface area (Å²) in [7, 11) is 4.01. The van der Waals surface area contributed by atoms with Gasteiger partial charge in [0.15, 0.2) is 0 Å². The second kappa shape index (κ2) is 32.0. The molecule has 7 heteroatoms. The molecule has 0 bridgehead atoms. The van der Waals surface area contributed by atoms with Gasteiger partial charge in [-0.05, 0) is 65.1 Å². The van der Waals surface area contributed by atoms with Crippen molar-refractivity contribution >= 4 is 11.9 Å². The van der Waals surface area contributed by atoms with Crippen molar-refractivity contribution in [3.8, 4) is 0 Å². The molecule has 3 atom stereocenters. The van der Waals surface area contributed by atoms with E-state index in [0.29, 0.717) is 26.1 Å². The Labute approximate surface area is 291 Å². The SMILES string of the molecule is CCCCCCCCCCCCOCC(COC(=O)CC1CCC(OC(=O)CCCN(C)C)C1)OCCCCCCCCCCCC. The summed E-state index contributed by atoms with van der Waals surface area (Å²) in [6.07, 6.45) is 29.8. The van der Waals surface area contributed by atoms with E-state index in [1.807, 2.05) is 14.1 Å². The third-order valence-electron chi connectivity index (χ3n) is 9.46. The van der Waals surface area contributed by atoms with E-state index in [2.05, 4.69) is 18.7 Å². The predicted molar refractivity (Wildman–Crippen MR) is 195 cm³/mol. The fourth-order valence-electron chi connectivity index (χ4n) is 6.48. The van der Waals surface area contributed by atoms with Gasteiger partial charge < -0.3 is 23.8 Å². The molecule has 1 saturated carbocycles. The second-order valence-corrected chi connectivity index (χ2v) is 14.5. The van der Waals surface area contributed by atoms with E-state index in [9.17, 15) is 9.59 Å². The van der Waals surface area contributed by atoms with Crippen LogP contribution in [-0.2, 0) is 28.5 Å². The van der Waals surface area contributed by atoms with Crippen LogP contribution in [-0.4, -0.2) is 76.1 Å². The maximum absolute atomic E-state index is 12.7. The topological polar surface area (TPSA) is 74.3 Å². The van der Waals surface area contributed by atoms with Crippen LogP contribution in [0, 0.1) is 5.92 Å². The van der Waals surface area contributed by atoms with Crippen molar-refractivity contribution < 1.29 is 28.5 Å². The van der Waals surface area contributed by atoms with Crippen LogP contribution in [0.4, 0.5) is 0 Å². The van der Waals surface area contributed by atoms with Crippen LogP contribution >= 0.6 is 0 Å². The summed E-state index contributed by atoms with van der Waals surface area (Å²) >= 11 is 0. The first kappa shape index (κ1) is 43.8. The zero-order chi connectivity index (χ0) is 34.2. The Morgan fingerprint density at radius 2 is 1.17 bits per heavy atom. The minimum Gasteiger partial charge on any atom is -0.463 e. The van der Waals surface area contributed by atoms with Crippen LogP contribution in [0.3, 0.4) is 0 Å². The molecule has 278 valence electrons. The van der Waals surface area contributed by atoms with Crippen molar-refractivity contribution in [1.82, 2.24) is 4.90 Å². The Balaban J connectivity index is 2.28. The summed E-state index contributed by atoms with van der Waals surface area (Å²) < 4.78 is 23.6. The molecule has 3 unspecified atom stereocenters. The monoisotopic (exact) mass is 668 g/mol. The molecule has 0 spiro atoms. The Bertz CT molecular complexity index is 717.